The zero-order chi connectivity index (χ0) is 22.7. The van der Waals surface area contributed by atoms with Gasteiger partial charge in [0.25, 0.3) is 5.91 Å². The predicted octanol–water partition coefficient (Wildman–Crippen LogP) is 2.18. The standard InChI is InChI=1S/C23H22N6O3/c1-2-20(30)26-17-7-5-14(6-8-17)22(32)29-10-9-18(13-29)27-23-25-12-16-4-3-15(21(24)31)11-19(16)28-23/h2-8,11-12,18H,1,9-10,13H2,(H2,24,31)(H,26,30)(H,25,27,28)/t18-/m1/s1. The third-order valence-electron chi connectivity index (χ3n) is 5.26. The van der Waals surface area contributed by atoms with Crippen LogP contribution in [0.5, 0.6) is 0 Å². The lowest BCUT2D eigenvalue weighted by atomic mass is 10.1. The van der Waals surface area contributed by atoms with Gasteiger partial charge in [0.15, 0.2) is 0 Å². The number of likely N-dealkylation sites (tertiary alicyclic amines) is 1. The van der Waals surface area contributed by atoms with Crippen molar-refractivity contribution in [2.24, 2.45) is 5.73 Å². The molecule has 1 aliphatic rings. The van der Waals surface area contributed by atoms with E-state index in [-0.39, 0.29) is 17.9 Å². The van der Waals surface area contributed by atoms with E-state index >= 15 is 0 Å². The number of hydrogen-bond donors (Lipinski definition) is 3. The van der Waals surface area contributed by atoms with Crippen LogP contribution < -0.4 is 16.4 Å². The van der Waals surface area contributed by atoms with Crippen LogP contribution in [0.1, 0.15) is 27.1 Å². The fraction of sp³-hybridized carbons (Fsp3) is 0.174. The average molecular weight is 430 g/mol. The Morgan fingerprint density at radius 3 is 2.59 bits per heavy atom. The average Bonchev–Trinajstić information content (AvgIpc) is 3.27. The molecule has 2 heterocycles. The van der Waals surface area contributed by atoms with E-state index in [4.69, 9.17) is 5.73 Å². The largest absolute Gasteiger partial charge is 0.366 e. The maximum atomic E-state index is 12.8. The Morgan fingerprint density at radius 1 is 1.12 bits per heavy atom. The molecule has 0 radical (unpaired) electrons. The highest BCUT2D eigenvalue weighted by molar-refractivity contribution is 6.00. The van der Waals surface area contributed by atoms with Crippen molar-refractivity contribution < 1.29 is 14.4 Å². The minimum absolute atomic E-state index is 0.00174. The highest BCUT2D eigenvalue weighted by Gasteiger charge is 2.27. The van der Waals surface area contributed by atoms with E-state index in [1.54, 1.807) is 53.6 Å². The summed E-state index contributed by atoms with van der Waals surface area (Å²) >= 11 is 0. The SMILES string of the molecule is C=CC(=O)Nc1ccc(C(=O)N2CC[C@@H](Nc3ncc4ccc(C(N)=O)cc4n3)C2)cc1. The third-order valence-corrected chi connectivity index (χ3v) is 5.26. The molecule has 2 aromatic carbocycles. The van der Waals surface area contributed by atoms with Crippen LogP contribution in [0, 0.1) is 0 Å². The van der Waals surface area contributed by atoms with Crippen LogP contribution >= 0.6 is 0 Å². The van der Waals surface area contributed by atoms with Crippen LogP contribution in [0.2, 0.25) is 0 Å². The number of aromatic nitrogens is 2. The van der Waals surface area contributed by atoms with Gasteiger partial charge in [-0.25, -0.2) is 9.97 Å². The van der Waals surface area contributed by atoms with Gasteiger partial charge in [-0.15, -0.1) is 0 Å². The molecule has 1 saturated heterocycles. The molecule has 1 fully saturated rings. The van der Waals surface area contributed by atoms with Gasteiger partial charge in [-0.3, -0.25) is 14.4 Å². The van der Waals surface area contributed by atoms with E-state index in [0.29, 0.717) is 41.4 Å². The van der Waals surface area contributed by atoms with Gasteiger partial charge in [0.2, 0.25) is 17.8 Å². The molecule has 1 aromatic heterocycles. The molecule has 9 heteroatoms. The molecule has 162 valence electrons. The van der Waals surface area contributed by atoms with Crippen LogP contribution in [0.25, 0.3) is 10.9 Å². The van der Waals surface area contributed by atoms with Gasteiger partial charge >= 0.3 is 0 Å². The Labute approximate surface area is 184 Å². The minimum Gasteiger partial charge on any atom is -0.366 e. The molecule has 3 amide bonds. The van der Waals surface area contributed by atoms with Gasteiger partial charge in [-0.05, 0) is 48.9 Å². The Hall–Kier alpha value is -4.27. The van der Waals surface area contributed by atoms with Crippen LogP contribution in [0.15, 0.2) is 61.3 Å². The number of benzene rings is 2. The van der Waals surface area contributed by atoms with Crippen molar-refractivity contribution in [3.05, 3.63) is 72.4 Å². The first-order valence-electron chi connectivity index (χ1n) is 10.1. The van der Waals surface area contributed by atoms with E-state index in [1.807, 2.05) is 0 Å². The number of carbonyl (C=O) groups excluding carboxylic acids is 3. The van der Waals surface area contributed by atoms with Crippen LogP contribution in [0.4, 0.5) is 11.6 Å². The highest BCUT2D eigenvalue weighted by Crippen LogP contribution is 2.20. The van der Waals surface area contributed by atoms with Crippen molar-refractivity contribution in [3.8, 4) is 0 Å². The molecule has 32 heavy (non-hydrogen) atoms. The van der Waals surface area contributed by atoms with Crippen molar-refractivity contribution in [2.45, 2.75) is 12.5 Å². The normalized spacial score (nSPS) is 15.4. The number of hydrogen-bond acceptors (Lipinski definition) is 6. The van der Waals surface area contributed by atoms with Gasteiger partial charge in [0, 0.05) is 47.5 Å². The number of carbonyl (C=O) groups is 3. The summed E-state index contributed by atoms with van der Waals surface area (Å²) in [5, 5.41) is 6.72. The number of nitrogens with one attached hydrogen (secondary N) is 2. The van der Waals surface area contributed by atoms with E-state index in [1.165, 1.54) is 6.08 Å². The molecule has 0 bridgehead atoms. The maximum Gasteiger partial charge on any atom is 0.253 e. The van der Waals surface area contributed by atoms with Gasteiger partial charge < -0.3 is 21.3 Å². The summed E-state index contributed by atoms with van der Waals surface area (Å²) in [7, 11) is 0. The minimum atomic E-state index is -0.513. The number of rotatable bonds is 6. The first-order chi connectivity index (χ1) is 15.4. The zero-order valence-corrected chi connectivity index (χ0v) is 17.2. The first-order valence-corrected chi connectivity index (χ1v) is 10.1. The van der Waals surface area contributed by atoms with Crippen molar-refractivity contribution in [1.82, 2.24) is 14.9 Å². The topological polar surface area (TPSA) is 130 Å². The summed E-state index contributed by atoms with van der Waals surface area (Å²) in [5.74, 6) is -0.470. The van der Waals surface area contributed by atoms with E-state index < -0.39 is 5.91 Å². The molecule has 0 unspecified atom stereocenters. The van der Waals surface area contributed by atoms with Crippen LogP contribution in [-0.4, -0.2) is 51.7 Å². The number of nitrogens with zero attached hydrogens (tertiary/aromatic N) is 3. The van der Waals surface area contributed by atoms with E-state index in [9.17, 15) is 14.4 Å². The molecule has 9 nitrogen and oxygen atoms in total. The smallest absolute Gasteiger partial charge is 0.253 e. The molecule has 4 N–H and O–H groups in total. The van der Waals surface area contributed by atoms with E-state index in [0.717, 1.165) is 11.8 Å². The molecule has 0 saturated carbocycles. The highest BCUT2D eigenvalue weighted by atomic mass is 16.2. The number of primary amides is 1. The molecule has 1 atom stereocenters. The zero-order valence-electron chi connectivity index (χ0n) is 17.2. The lowest BCUT2D eigenvalue weighted by molar-refractivity contribution is -0.111. The van der Waals surface area contributed by atoms with Gasteiger partial charge in [0.1, 0.15) is 0 Å². The maximum absolute atomic E-state index is 12.8. The second-order valence-corrected chi connectivity index (χ2v) is 7.48. The summed E-state index contributed by atoms with van der Waals surface area (Å²) in [4.78, 5) is 46.2. The van der Waals surface area contributed by atoms with Crippen molar-refractivity contribution in [2.75, 3.05) is 23.7 Å². The summed E-state index contributed by atoms with van der Waals surface area (Å²) < 4.78 is 0. The Morgan fingerprint density at radius 2 is 1.88 bits per heavy atom. The number of nitrogens with two attached hydrogens (primary N) is 1. The second kappa shape index (κ2) is 8.84. The van der Waals surface area contributed by atoms with Gasteiger partial charge in [-0.2, -0.15) is 0 Å². The summed E-state index contributed by atoms with van der Waals surface area (Å²) in [6, 6.07) is 11.8. The lowest BCUT2D eigenvalue weighted by Gasteiger charge is -2.17. The quantitative estimate of drug-likeness (QED) is 0.514. The third kappa shape index (κ3) is 4.56. The fourth-order valence-corrected chi connectivity index (χ4v) is 3.56. The van der Waals surface area contributed by atoms with Gasteiger partial charge in [0.05, 0.1) is 5.52 Å². The molecule has 1 aliphatic heterocycles. The fourth-order valence-electron chi connectivity index (χ4n) is 3.56. The molecule has 0 aliphatic carbocycles. The number of anilines is 2. The second-order valence-electron chi connectivity index (χ2n) is 7.48. The molecule has 4 rings (SSSR count). The summed E-state index contributed by atoms with van der Waals surface area (Å²) in [5.41, 5.74) is 7.49. The Balaban J connectivity index is 1.40. The van der Waals surface area contributed by atoms with Crippen molar-refractivity contribution >= 4 is 40.3 Å². The van der Waals surface area contributed by atoms with Gasteiger partial charge in [-0.1, -0.05) is 12.6 Å². The Kier molecular flexibility index (Phi) is 5.80. The molecular formula is C23H22N6O3. The predicted molar refractivity (Wildman–Crippen MR) is 121 cm³/mol. The van der Waals surface area contributed by atoms with Crippen molar-refractivity contribution in [3.63, 3.8) is 0 Å². The van der Waals surface area contributed by atoms with E-state index in [2.05, 4.69) is 27.2 Å². The first kappa shape index (κ1) is 21.0. The molecular weight excluding hydrogens is 408 g/mol. The Bertz CT molecular complexity index is 1210. The monoisotopic (exact) mass is 430 g/mol. The molecule has 3 aromatic rings. The van der Waals surface area contributed by atoms with Crippen LogP contribution in [0.3, 0.4) is 0 Å². The lowest BCUT2D eigenvalue weighted by Crippen LogP contribution is -2.31. The number of fused-ring (bicyclic) bond motifs is 1. The summed E-state index contributed by atoms with van der Waals surface area (Å²) in [6.07, 6.45) is 3.62. The van der Waals surface area contributed by atoms with Crippen molar-refractivity contribution in [1.29, 1.82) is 0 Å². The summed E-state index contributed by atoms with van der Waals surface area (Å²) in [6.45, 7) is 4.52. The molecule has 0 spiro atoms. The van der Waals surface area contributed by atoms with Crippen LogP contribution in [-0.2, 0) is 4.79 Å². The number of amides is 3.